The third-order valence-electron chi connectivity index (χ3n) is 5.31. The zero-order chi connectivity index (χ0) is 23.0. The average molecular weight is 459 g/mol. The van der Waals surface area contributed by atoms with Crippen molar-refractivity contribution in [2.45, 2.75) is 51.6 Å². The Morgan fingerprint density at radius 2 is 1.77 bits per heavy atom. The van der Waals surface area contributed by atoms with Gasteiger partial charge >= 0.3 is 6.18 Å². The molecule has 2 aromatic rings. The van der Waals surface area contributed by atoms with E-state index in [1.54, 1.807) is 0 Å². The Labute approximate surface area is 184 Å². The molecule has 1 N–H and O–H groups in total. The summed E-state index contributed by atoms with van der Waals surface area (Å²) in [5.74, 6) is -0.824. The van der Waals surface area contributed by atoms with Crippen LogP contribution in [0.5, 0.6) is 0 Å². The Balaban J connectivity index is 1.81. The maximum atomic E-state index is 13.8. The summed E-state index contributed by atoms with van der Waals surface area (Å²) in [5, 5.41) is 6.87. The third kappa shape index (κ3) is 5.39. The van der Waals surface area contributed by atoms with Gasteiger partial charge in [-0.05, 0) is 52.0 Å². The topological polar surface area (TPSA) is 59.4 Å². The van der Waals surface area contributed by atoms with Crippen LogP contribution in [0.4, 0.5) is 13.2 Å². The van der Waals surface area contributed by atoms with Crippen molar-refractivity contribution in [3.63, 3.8) is 0 Å². The summed E-state index contributed by atoms with van der Waals surface area (Å²) in [4.78, 5) is 14.9. The highest BCUT2D eigenvalue weighted by Gasteiger charge is 2.41. The highest BCUT2D eigenvalue weighted by atomic mass is 35.5. The number of carbonyl (C=O) groups is 1. The van der Waals surface area contributed by atoms with Crippen LogP contribution in [0.15, 0.2) is 30.5 Å². The van der Waals surface area contributed by atoms with Gasteiger partial charge in [0.1, 0.15) is 0 Å². The number of nitrogens with zero attached hydrogens (tertiary/aromatic N) is 3. The van der Waals surface area contributed by atoms with E-state index >= 15 is 0 Å². The van der Waals surface area contributed by atoms with Gasteiger partial charge in [0.15, 0.2) is 5.69 Å². The van der Waals surface area contributed by atoms with E-state index in [4.69, 9.17) is 16.3 Å². The van der Waals surface area contributed by atoms with Crippen LogP contribution < -0.4 is 5.32 Å². The Bertz CT molecular complexity index is 918. The summed E-state index contributed by atoms with van der Waals surface area (Å²) in [5.41, 5.74) is -1.96. The Kier molecular flexibility index (Phi) is 6.69. The van der Waals surface area contributed by atoms with Gasteiger partial charge < -0.3 is 10.1 Å². The molecule has 1 fully saturated rings. The first-order chi connectivity index (χ1) is 14.4. The second-order valence-electron chi connectivity index (χ2n) is 8.45. The number of hydrogen-bond acceptors (Lipinski definition) is 4. The summed E-state index contributed by atoms with van der Waals surface area (Å²) < 4.78 is 47.9. The van der Waals surface area contributed by atoms with Gasteiger partial charge in [0.2, 0.25) is 0 Å². The molecule has 1 saturated heterocycles. The molecule has 2 heterocycles. The Morgan fingerprint density at radius 1 is 1.19 bits per heavy atom. The van der Waals surface area contributed by atoms with E-state index in [0.717, 1.165) is 6.20 Å². The summed E-state index contributed by atoms with van der Waals surface area (Å²) >= 11 is 5.82. The van der Waals surface area contributed by atoms with Crippen LogP contribution in [0.2, 0.25) is 5.02 Å². The van der Waals surface area contributed by atoms with Crippen molar-refractivity contribution in [2.75, 3.05) is 19.6 Å². The second-order valence-corrected chi connectivity index (χ2v) is 8.89. The number of halogens is 4. The second kappa shape index (κ2) is 8.80. The fourth-order valence-electron chi connectivity index (χ4n) is 3.74. The summed E-state index contributed by atoms with van der Waals surface area (Å²) in [7, 11) is 0. The highest BCUT2D eigenvalue weighted by Crippen LogP contribution is 2.34. The zero-order valence-electron chi connectivity index (χ0n) is 17.8. The largest absolute Gasteiger partial charge is 0.434 e. The van der Waals surface area contributed by atoms with Crippen LogP contribution in [0.1, 0.15) is 43.7 Å². The molecular formula is C21H26ClF3N4O2. The number of benzene rings is 1. The lowest BCUT2D eigenvalue weighted by Gasteiger charge is -2.45. The van der Waals surface area contributed by atoms with Crippen LogP contribution >= 0.6 is 11.6 Å². The number of nitrogens with one attached hydrogen (secondary N) is 1. The lowest BCUT2D eigenvalue weighted by molar-refractivity contribution is -0.143. The molecule has 0 spiro atoms. The van der Waals surface area contributed by atoms with E-state index in [9.17, 15) is 18.0 Å². The molecule has 2 atom stereocenters. The minimum Gasteiger partial charge on any atom is -0.373 e. The lowest BCUT2D eigenvalue weighted by Crippen LogP contribution is -2.58. The van der Waals surface area contributed by atoms with Gasteiger partial charge in [0.25, 0.3) is 5.91 Å². The molecule has 0 radical (unpaired) electrons. The molecule has 1 aliphatic rings. The minimum atomic E-state index is -4.77. The molecule has 2 unspecified atom stereocenters. The summed E-state index contributed by atoms with van der Waals surface area (Å²) in [6.45, 7) is 9.36. The smallest absolute Gasteiger partial charge is 0.373 e. The fourth-order valence-corrected chi connectivity index (χ4v) is 3.87. The first-order valence-corrected chi connectivity index (χ1v) is 10.4. The van der Waals surface area contributed by atoms with Gasteiger partial charge in [0, 0.05) is 30.2 Å². The van der Waals surface area contributed by atoms with Gasteiger partial charge in [-0.2, -0.15) is 18.3 Å². The van der Waals surface area contributed by atoms with E-state index in [0.29, 0.717) is 22.8 Å². The number of amides is 1. The molecule has 10 heteroatoms. The normalized spacial score (nSPS) is 20.6. The SMILES string of the molecule is CC1CN(C(C)(C)CNC(=O)c2cnn(-c3ccc(Cl)cc3)c2C(F)(F)F)CC(C)O1. The van der Waals surface area contributed by atoms with Crippen molar-refractivity contribution < 1.29 is 22.7 Å². The molecule has 170 valence electrons. The van der Waals surface area contributed by atoms with Gasteiger partial charge in [-0.3, -0.25) is 9.69 Å². The number of aromatic nitrogens is 2. The van der Waals surface area contributed by atoms with Crippen molar-refractivity contribution in [2.24, 2.45) is 0 Å². The van der Waals surface area contributed by atoms with Crippen LogP contribution in [-0.2, 0) is 10.9 Å². The number of carbonyl (C=O) groups excluding carboxylic acids is 1. The number of rotatable bonds is 5. The molecule has 3 rings (SSSR count). The molecule has 0 bridgehead atoms. The Morgan fingerprint density at radius 3 is 2.32 bits per heavy atom. The predicted molar refractivity (Wildman–Crippen MR) is 112 cm³/mol. The van der Waals surface area contributed by atoms with E-state index < -0.39 is 28.9 Å². The molecule has 0 saturated carbocycles. The number of morpholine rings is 1. The van der Waals surface area contributed by atoms with Crippen molar-refractivity contribution in [1.82, 2.24) is 20.0 Å². The summed E-state index contributed by atoms with van der Waals surface area (Å²) in [6, 6.07) is 5.75. The van der Waals surface area contributed by atoms with Crippen molar-refractivity contribution in [1.29, 1.82) is 0 Å². The first kappa shape index (κ1) is 23.6. The van der Waals surface area contributed by atoms with Gasteiger partial charge in [-0.25, -0.2) is 4.68 Å². The van der Waals surface area contributed by atoms with Crippen LogP contribution in [-0.4, -0.2) is 58.0 Å². The van der Waals surface area contributed by atoms with Crippen molar-refractivity contribution >= 4 is 17.5 Å². The maximum Gasteiger partial charge on any atom is 0.434 e. The van der Waals surface area contributed by atoms with Crippen LogP contribution in [0.3, 0.4) is 0 Å². The van der Waals surface area contributed by atoms with E-state index in [1.807, 2.05) is 27.7 Å². The molecular weight excluding hydrogens is 433 g/mol. The predicted octanol–water partition coefficient (Wildman–Crippen LogP) is 4.16. The van der Waals surface area contributed by atoms with E-state index in [-0.39, 0.29) is 24.4 Å². The molecule has 1 aliphatic heterocycles. The van der Waals surface area contributed by atoms with Gasteiger partial charge in [-0.15, -0.1) is 0 Å². The fraction of sp³-hybridized carbons (Fsp3) is 0.524. The molecule has 1 aromatic heterocycles. The maximum absolute atomic E-state index is 13.8. The van der Waals surface area contributed by atoms with Crippen LogP contribution in [0.25, 0.3) is 5.69 Å². The third-order valence-corrected chi connectivity index (χ3v) is 5.56. The average Bonchev–Trinajstić information content (AvgIpc) is 3.12. The molecule has 31 heavy (non-hydrogen) atoms. The van der Waals surface area contributed by atoms with Crippen LogP contribution in [0, 0.1) is 0 Å². The molecule has 1 aromatic carbocycles. The highest BCUT2D eigenvalue weighted by molar-refractivity contribution is 6.30. The molecule has 0 aliphatic carbocycles. The quantitative estimate of drug-likeness (QED) is 0.731. The molecule has 1 amide bonds. The number of hydrogen-bond donors (Lipinski definition) is 1. The van der Waals surface area contributed by atoms with Crippen molar-refractivity contribution in [3.05, 3.63) is 46.7 Å². The monoisotopic (exact) mass is 458 g/mol. The van der Waals surface area contributed by atoms with E-state index in [1.165, 1.54) is 24.3 Å². The number of alkyl halides is 3. The lowest BCUT2D eigenvalue weighted by atomic mass is 10.00. The standard InChI is InChI=1S/C21H26ClF3N4O2/c1-13-10-28(11-14(2)31-13)20(3,4)12-26-19(30)17-9-27-29(18(17)21(23,24)25)16-7-5-15(22)6-8-16/h5-9,13-14H,10-12H2,1-4H3,(H,26,30). The minimum absolute atomic E-state index is 0.0353. The van der Waals surface area contributed by atoms with Gasteiger partial charge in [0.05, 0.1) is 29.7 Å². The first-order valence-electron chi connectivity index (χ1n) is 9.98. The molecule has 6 nitrogen and oxygen atoms in total. The van der Waals surface area contributed by atoms with E-state index in [2.05, 4.69) is 15.3 Å². The van der Waals surface area contributed by atoms with Gasteiger partial charge in [-0.1, -0.05) is 11.6 Å². The summed E-state index contributed by atoms with van der Waals surface area (Å²) in [6.07, 6.45) is -3.76. The zero-order valence-corrected chi connectivity index (χ0v) is 18.6. The Hall–Kier alpha value is -2.10. The number of ether oxygens (including phenoxy) is 1. The van der Waals surface area contributed by atoms with Crippen molar-refractivity contribution in [3.8, 4) is 5.69 Å².